The number of carbonyl (C=O) groups is 1. The number of aromatic nitrogens is 3. The van der Waals surface area contributed by atoms with E-state index in [-0.39, 0.29) is 23.8 Å². The lowest BCUT2D eigenvalue weighted by Gasteiger charge is -2.37. The molecule has 32 heavy (non-hydrogen) atoms. The van der Waals surface area contributed by atoms with E-state index in [9.17, 15) is 9.90 Å². The van der Waals surface area contributed by atoms with Gasteiger partial charge in [-0.2, -0.15) is 4.52 Å². The maximum absolute atomic E-state index is 12.5. The fourth-order valence-electron chi connectivity index (χ4n) is 4.25. The highest BCUT2D eigenvalue weighted by molar-refractivity contribution is 7.17. The van der Waals surface area contributed by atoms with Crippen LogP contribution in [0.4, 0.5) is 0 Å². The van der Waals surface area contributed by atoms with Crippen molar-refractivity contribution in [3.05, 3.63) is 40.5 Å². The molecule has 1 aliphatic heterocycles. The van der Waals surface area contributed by atoms with E-state index >= 15 is 0 Å². The summed E-state index contributed by atoms with van der Waals surface area (Å²) in [7, 11) is 0. The average molecular weight is 459 g/mol. The van der Waals surface area contributed by atoms with E-state index in [0.29, 0.717) is 37.0 Å². The summed E-state index contributed by atoms with van der Waals surface area (Å²) in [5.74, 6) is 1.29. The highest BCUT2D eigenvalue weighted by Crippen LogP contribution is 2.41. The number of benzene rings is 1. The van der Waals surface area contributed by atoms with Gasteiger partial charge in [0.15, 0.2) is 5.82 Å². The van der Waals surface area contributed by atoms with Crippen LogP contribution in [0.1, 0.15) is 55.9 Å². The summed E-state index contributed by atoms with van der Waals surface area (Å²) in [5.41, 5.74) is 1.02. The van der Waals surface area contributed by atoms with Crippen molar-refractivity contribution in [2.24, 2.45) is 5.92 Å². The van der Waals surface area contributed by atoms with Gasteiger partial charge < -0.3 is 14.6 Å². The van der Waals surface area contributed by atoms with Gasteiger partial charge >= 0.3 is 5.97 Å². The van der Waals surface area contributed by atoms with Gasteiger partial charge in [-0.15, -0.1) is 5.10 Å². The summed E-state index contributed by atoms with van der Waals surface area (Å²) in [4.78, 5) is 20.7. The van der Waals surface area contributed by atoms with E-state index in [1.165, 1.54) is 15.9 Å². The number of aromatic hydroxyl groups is 1. The van der Waals surface area contributed by atoms with Crippen LogP contribution in [0.5, 0.6) is 11.6 Å². The predicted molar refractivity (Wildman–Crippen MR) is 122 cm³/mol. The molecule has 0 bridgehead atoms. The lowest BCUT2D eigenvalue weighted by molar-refractivity contribution is -0.150. The van der Waals surface area contributed by atoms with Crippen LogP contribution in [0.3, 0.4) is 0 Å². The number of thiazole rings is 1. The predicted octanol–water partition coefficient (Wildman–Crippen LogP) is 3.82. The topological polar surface area (TPSA) is 89.2 Å². The second-order valence-corrected chi connectivity index (χ2v) is 8.87. The molecule has 0 saturated carbocycles. The number of piperidine rings is 1. The molecule has 8 nitrogen and oxygen atoms in total. The standard InChI is InChI=1S/C23H30N4O4S/c1-4-18-24-23-27(25-18)21(28)20(32-23)19(15-9-11-17(12-10-15)30-5-2)26-13-7-8-16(14-26)22(29)31-6-3/h9-12,16,19,28H,4-8,13-14H2,1-3H3/t16-,19+/m0/s1. The van der Waals surface area contributed by atoms with E-state index in [1.54, 1.807) is 0 Å². The molecule has 9 heteroatoms. The summed E-state index contributed by atoms with van der Waals surface area (Å²) < 4.78 is 12.4. The molecule has 1 N–H and O–H groups in total. The summed E-state index contributed by atoms with van der Waals surface area (Å²) >= 11 is 1.44. The largest absolute Gasteiger partial charge is 0.494 e. The maximum atomic E-state index is 12.5. The fourth-order valence-corrected chi connectivity index (χ4v) is 5.39. The molecule has 0 spiro atoms. The van der Waals surface area contributed by atoms with Crippen LogP contribution in [0.2, 0.25) is 0 Å². The van der Waals surface area contributed by atoms with Crippen LogP contribution in [0.15, 0.2) is 24.3 Å². The zero-order chi connectivity index (χ0) is 22.7. The molecule has 1 aliphatic rings. The van der Waals surface area contributed by atoms with E-state index in [4.69, 9.17) is 9.47 Å². The van der Waals surface area contributed by atoms with Crippen molar-refractivity contribution < 1.29 is 19.4 Å². The van der Waals surface area contributed by atoms with Gasteiger partial charge in [-0.1, -0.05) is 30.4 Å². The first kappa shape index (κ1) is 22.5. The second kappa shape index (κ2) is 9.87. The summed E-state index contributed by atoms with van der Waals surface area (Å²) in [6, 6.07) is 7.72. The van der Waals surface area contributed by atoms with Crippen molar-refractivity contribution in [1.82, 2.24) is 19.5 Å². The molecule has 172 valence electrons. The highest BCUT2D eigenvalue weighted by Gasteiger charge is 2.35. The van der Waals surface area contributed by atoms with Gasteiger partial charge in [0.05, 0.1) is 30.1 Å². The number of ether oxygens (including phenoxy) is 2. The number of carbonyl (C=O) groups excluding carboxylic acids is 1. The molecule has 0 amide bonds. The molecule has 1 fully saturated rings. The first-order chi connectivity index (χ1) is 15.5. The molecule has 4 rings (SSSR count). The van der Waals surface area contributed by atoms with Gasteiger partial charge in [0.1, 0.15) is 5.75 Å². The SMILES string of the molecule is CCOC(=O)[C@H]1CCCN([C@H](c2ccc(OCC)cc2)c2sc3nc(CC)nn3c2O)C1. The molecule has 0 aliphatic carbocycles. The maximum Gasteiger partial charge on any atom is 0.310 e. The fraction of sp³-hybridized carbons (Fsp3) is 0.522. The minimum absolute atomic E-state index is 0.106. The Morgan fingerprint density at radius 2 is 2.03 bits per heavy atom. The minimum atomic E-state index is -0.221. The van der Waals surface area contributed by atoms with E-state index in [1.807, 2.05) is 45.0 Å². The van der Waals surface area contributed by atoms with Crippen LogP contribution in [-0.2, 0) is 16.0 Å². The number of hydrogen-bond acceptors (Lipinski definition) is 8. The first-order valence-corrected chi connectivity index (χ1v) is 12.1. The first-order valence-electron chi connectivity index (χ1n) is 11.3. The lowest BCUT2D eigenvalue weighted by atomic mass is 9.94. The van der Waals surface area contributed by atoms with E-state index in [2.05, 4.69) is 15.0 Å². The van der Waals surface area contributed by atoms with Crippen LogP contribution in [-0.4, -0.2) is 56.9 Å². The zero-order valence-corrected chi connectivity index (χ0v) is 19.6. The van der Waals surface area contributed by atoms with E-state index in [0.717, 1.165) is 35.6 Å². The third-order valence-corrected chi connectivity index (χ3v) is 6.83. The smallest absolute Gasteiger partial charge is 0.310 e. The summed E-state index contributed by atoms with van der Waals surface area (Å²) in [6.45, 7) is 8.15. The summed E-state index contributed by atoms with van der Waals surface area (Å²) in [6.07, 6.45) is 2.41. The van der Waals surface area contributed by atoms with Crippen molar-refractivity contribution in [3.63, 3.8) is 0 Å². The molecule has 3 heterocycles. The van der Waals surface area contributed by atoms with Gasteiger partial charge in [-0.25, -0.2) is 4.98 Å². The highest BCUT2D eigenvalue weighted by atomic mass is 32.1. The van der Waals surface area contributed by atoms with Gasteiger partial charge in [-0.05, 0) is 50.9 Å². The van der Waals surface area contributed by atoms with Crippen molar-refractivity contribution in [2.45, 2.75) is 46.1 Å². The molecule has 1 aromatic carbocycles. The molecular weight excluding hydrogens is 428 g/mol. The van der Waals surface area contributed by atoms with Gasteiger partial charge in [0.25, 0.3) is 0 Å². The number of nitrogens with zero attached hydrogens (tertiary/aromatic N) is 4. The minimum Gasteiger partial charge on any atom is -0.494 e. The number of fused-ring (bicyclic) bond motifs is 1. The lowest BCUT2D eigenvalue weighted by Crippen LogP contribution is -2.41. The molecular formula is C23H30N4O4S. The van der Waals surface area contributed by atoms with Crippen molar-refractivity contribution in [3.8, 4) is 11.6 Å². The monoisotopic (exact) mass is 458 g/mol. The number of esters is 1. The Balaban J connectivity index is 1.72. The van der Waals surface area contributed by atoms with Crippen LogP contribution >= 0.6 is 11.3 Å². The Bertz CT molecular complexity index is 1060. The average Bonchev–Trinajstić information content (AvgIpc) is 3.35. The van der Waals surface area contributed by atoms with Crippen LogP contribution in [0.25, 0.3) is 4.96 Å². The van der Waals surface area contributed by atoms with Crippen molar-refractivity contribution in [1.29, 1.82) is 0 Å². The number of hydrogen-bond donors (Lipinski definition) is 1. The third kappa shape index (κ3) is 4.45. The second-order valence-electron chi connectivity index (χ2n) is 7.86. The zero-order valence-electron chi connectivity index (χ0n) is 18.8. The van der Waals surface area contributed by atoms with Crippen LogP contribution < -0.4 is 4.74 Å². The Kier molecular flexibility index (Phi) is 6.95. The normalized spacial score (nSPS) is 18.0. The third-order valence-electron chi connectivity index (χ3n) is 5.75. The van der Waals surface area contributed by atoms with E-state index < -0.39 is 0 Å². The van der Waals surface area contributed by atoms with Crippen molar-refractivity contribution >= 4 is 22.3 Å². The molecule has 2 aromatic heterocycles. The summed E-state index contributed by atoms with van der Waals surface area (Å²) in [5, 5.41) is 15.5. The quantitative estimate of drug-likeness (QED) is 0.513. The van der Waals surface area contributed by atoms with Crippen molar-refractivity contribution in [2.75, 3.05) is 26.3 Å². The van der Waals surface area contributed by atoms with Crippen LogP contribution in [0, 0.1) is 5.92 Å². The van der Waals surface area contributed by atoms with Gasteiger partial charge in [-0.3, -0.25) is 9.69 Å². The molecule has 1 saturated heterocycles. The number of aryl methyl sites for hydroxylation is 1. The molecule has 3 aromatic rings. The Morgan fingerprint density at radius 1 is 1.25 bits per heavy atom. The van der Waals surface area contributed by atoms with Gasteiger partial charge in [0, 0.05) is 13.0 Å². The van der Waals surface area contributed by atoms with Gasteiger partial charge in [0.2, 0.25) is 10.8 Å². The molecule has 0 unspecified atom stereocenters. The molecule has 0 radical (unpaired) electrons. The number of likely N-dealkylation sites (tertiary alicyclic amines) is 1. The Labute approximate surface area is 191 Å². The molecule has 2 atom stereocenters. The Hall–Kier alpha value is -2.65. The Morgan fingerprint density at radius 3 is 2.69 bits per heavy atom. The number of rotatable bonds is 8.